The van der Waals surface area contributed by atoms with Crippen molar-refractivity contribution in [3.8, 4) is 22.8 Å². The second-order valence-corrected chi connectivity index (χ2v) is 9.38. The Labute approximate surface area is 218 Å². The minimum atomic E-state index is -0.521. The van der Waals surface area contributed by atoms with Gasteiger partial charge in [0.1, 0.15) is 11.5 Å². The molecule has 9 nitrogen and oxygen atoms in total. The van der Waals surface area contributed by atoms with Crippen molar-refractivity contribution in [1.82, 2.24) is 25.1 Å². The van der Waals surface area contributed by atoms with Crippen LogP contribution in [0.25, 0.3) is 33.8 Å². The molecule has 5 aromatic rings. The number of piperazine rings is 1. The van der Waals surface area contributed by atoms with Crippen LogP contribution in [-0.4, -0.2) is 64.3 Å². The Bertz CT molecular complexity index is 1580. The quantitative estimate of drug-likeness (QED) is 0.262. The van der Waals surface area contributed by atoms with Gasteiger partial charge in [0.2, 0.25) is 0 Å². The predicted molar refractivity (Wildman–Crippen MR) is 148 cm³/mol. The summed E-state index contributed by atoms with van der Waals surface area (Å²) in [7, 11) is 2.15. The van der Waals surface area contributed by atoms with E-state index in [4.69, 9.17) is 4.98 Å². The normalized spacial score (nSPS) is 14.1. The Hall–Kier alpha value is -4.70. The van der Waals surface area contributed by atoms with Crippen molar-refractivity contribution in [1.29, 1.82) is 0 Å². The lowest BCUT2D eigenvalue weighted by molar-refractivity contribution is 0.262. The summed E-state index contributed by atoms with van der Waals surface area (Å²) in [5.41, 5.74) is 6.18. The third kappa shape index (κ3) is 4.94. The van der Waals surface area contributed by atoms with Gasteiger partial charge < -0.3 is 25.4 Å². The fourth-order valence-electron chi connectivity index (χ4n) is 4.55. The maximum atomic E-state index is 13.8. The molecule has 1 aliphatic rings. The monoisotopic (exact) mass is 510 g/mol. The van der Waals surface area contributed by atoms with Crippen molar-refractivity contribution in [2.45, 2.75) is 0 Å². The number of hydrogen-bond donors (Lipinski definition) is 4. The van der Waals surface area contributed by atoms with Crippen molar-refractivity contribution in [3.05, 3.63) is 78.6 Å². The molecule has 0 saturated carbocycles. The van der Waals surface area contributed by atoms with Crippen LogP contribution >= 0.6 is 0 Å². The number of imidazole rings is 1. The number of aromatic nitrogens is 4. The van der Waals surface area contributed by atoms with E-state index in [1.54, 1.807) is 24.3 Å². The van der Waals surface area contributed by atoms with E-state index in [9.17, 15) is 9.18 Å². The van der Waals surface area contributed by atoms with Gasteiger partial charge in [0.15, 0.2) is 5.82 Å². The Balaban J connectivity index is 1.14. The van der Waals surface area contributed by atoms with Crippen molar-refractivity contribution in [2.24, 2.45) is 0 Å². The van der Waals surface area contributed by atoms with Crippen LogP contribution in [-0.2, 0) is 0 Å². The van der Waals surface area contributed by atoms with E-state index >= 15 is 0 Å². The smallest absolute Gasteiger partial charge is 0.323 e. The number of carbonyl (C=O) groups excluding carboxylic acids is 1. The summed E-state index contributed by atoms with van der Waals surface area (Å²) in [6.45, 7) is 4.12. The molecule has 10 heteroatoms. The minimum absolute atomic E-state index is 0.118. The number of halogens is 1. The van der Waals surface area contributed by atoms with Crippen LogP contribution in [0.4, 0.5) is 26.2 Å². The topological polar surface area (TPSA) is 105 Å². The molecule has 1 fully saturated rings. The average Bonchev–Trinajstić information content (AvgIpc) is 3.58. The van der Waals surface area contributed by atoms with Crippen LogP contribution in [0.15, 0.2) is 72.8 Å². The van der Waals surface area contributed by atoms with E-state index in [0.29, 0.717) is 17.2 Å². The number of hydrogen-bond acceptors (Lipinski definition) is 5. The standard InChI is InChI=1S/C28H27FN8O/c1-36-12-14-37(15-13-36)20-10-11-23-25(16-20)32-27(31-23)26-17-24(34-35-26)18-6-8-19(9-7-18)30-28(38)33-22-5-3-2-4-21(22)29/h2-11,16-17H,12-15H2,1H3,(H,31,32)(H,34,35)(H2,30,33,38). The van der Waals surface area contributed by atoms with E-state index in [1.165, 1.54) is 17.8 Å². The maximum Gasteiger partial charge on any atom is 0.323 e. The van der Waals surface area contributed by atoms with Gasteiger partial charge in [-0.15, -0.1) is 0 Å². The van der Waals surface area contributed by atoms with E-state index < -0.39 is 11.8 Å². The number of nitrogens with zero attached hydrogens (tertiary/aromatic N) is 4. The number of anilines is 3. The lowest BCUT2D eigenvalue weighted by Gasteiger charge is -2.34. The largest absolute Gasteiger partial charge is 0.369 e. The highest BCUT2D eigenvalue weighted by Crippen LogP contribution is 2.27. The number of rotatable bonds is 5. The van der Waals surface area contributed by atoms with Gasteiger partial charge in [-0.05, 0) is 61.1 Å². The van der Waals surface area contributed by atoms with Crippen molar-refractivity contribution >= 4 is 34.1 Å². The number of amides is 2. The molecule has 0 radical (unpaired) electrons. The van der Waals surface area contributed by atoms with E-state index in [0.717, 1.165) is 48.5 Å². The first-order chi connectivity index (χ1) is 18.5. The number of aromatic amines is 2. The fraction of sp³-hybridized carbons (Fsp3) is 0.179. The first-order valence-electron chi connectivity index (χ1n) is 12.4. The molecular formula is C28H27FN8O. The zero-order chi connectivity index (χ0) is 26.1. The number of likely N-dealkylation sites (N-methyl/N-ethyl adjacent to an activating group) is 1. The zero-order valence-corrected chi connectivity index (χ0v) is 20.8. The van der Waals surface area contributed by atoms with Gasteiger partial charge in [0.05, 0.1) is 22.4 Å². The molecule has 4 N–H and O–H groups in total. The summed E-state index contributed by atoms with van der Waals surface area (Å²) in [5.74, 6) is 0.203. The number of para-hydroxylation sites is 1. The maximum absolute atomic E-state index is 13.8. The van der Waals surface area contributed by atoms with E-state index in [-0.39, 0.29) is 5.69 Å². The molecule has 1 aliphatic heterocycles. The minimum Gasteiger partial charge on any atom is -0.369 e. The highest BCUT2D eigenvalue weighted by atomic mass is 19.1. The van der Waals surface area contributed by atoms with Gasteiger partial charge in [0, 0.05) is 37.6 Å². The molecule has 1 saturated heterocycles. The van der Waals surface area contributed by atoms with Crippen LogP contribution in [0.1, 0.15) is 0 Å². The summed E-state index contributed by atoms with van der Waals surface area (Å²) in [6, 6.07) is 21.1. The lowest BCUT2D eigenvalue weighted by atomic mass is 10.1. The van der Waals surface area contributed by atoms with Gasteiger partial charge in [-0.25, -0.2) is 14.2 Å². The lowest BCUT2D eigenvalue weighted by Crippen LogP contribution is -2.44. The third-order valence-corrected chi connectivity index (χ3v) is 6.73. The summed E-state index contributed by atoms with van der Waals surface area (Å²) >= 11 is 0. The molecule has 2 aromatic heterocycles. The van der Waals surface area contributed by atoms with Gasteiger partial charge in [-0.3, -0.25) is 5.10 Å². The SMILES string of the molecule is CN1CCN(c2ccc3[nH]c(-c4cc(-c5ccc(NC(=O)Nc6ccccc6F)cc5)[nH]n4)nc3c2)CC1. The molecule has 3 aromatic carbocycles. The number of fused-ring (bicyclic) bond motifs is 1. The van der Waals surface area contributed by atoms with Crippen molar-refractivity contribution in [2.75, 3.05) is 48.8 Å². The number of nitrogens with one attached hydrogen (secondary N) is 4. The Kier molecular flexibility index (Phi) is 6.22. The van der Waals surface area contributed by atoms with Gasteiger partial charge >= 0.3 is 6.03 Å². The van der Waals surface area contributed by atoms with Crippen LogP contribution in [0.2, 0.25) is 0 Å². The first kappa shape index (κ1) is 23.7. The average molecular weight is 511 g/mol. The summed E-state index contributed by atoms with van der Waals surface area (Å²) in [5, 5.41) is 12.7. The molecule has 0 aliphatic carbocycles. The molecule has 3 heterocycles. The fourth-order valence-corrected chi connectivity index (χ4v) is 4.55. The molecule has 0 bridgehead atoms. The zero-order valence-electron chi connectivity index (χ0n) is 20.8. The predicted octanol–water partition coefficient (Wildman–Crippen LogP) is 5.15. The second kappa shape index (κ2) is 9.98. The Morgan fingerprint density at radius 2 is 1.74 bits per heavy atom. The van der Waals surface area contributed by atoms with Gasteiger partial charge in [0.25, 0.3) is 0 Å². The Morgan fingerprint density at radius 1 is 0.947 bits per heavy atom. The first-order valence-corrected chi connectivity index (χ1v) is 12.4. The number of benzene rings is 3. The van der Waals surface area contributed by atoms with E-state index in [1.807, 2.05) is 18.2 Å². The van der Waals surface area contributed by atoms with Crippen LogP contribution < -0.4 is 15.5 Å². The molecule has 0 atom stereocenters. The second-order valence-electron chi connectivity index (χ2n) is 9.38. The van der Waals surface area contributed by atoms with Crippen LogP contribution in [0, 0.1) is 5.82 Å². The molecule has 2 amide bonds. The molecule has 6 rings (SSSR count). The highest BCUT2D eigenvalue weighted by Gasteiger charge is 2.16. The van der Waals surface area contributed by atoms with Gasteiger partial charge in [-0.2, -0.15) is 5.10 Å². The molecule has 0 unspecified atom stereocenters. The summed E-state index contributed by atoms with van der Waals surface area (Å²) < 4.78 is 13.8. The van der Waals surface area contributed by atoms with E-state index in [2.05, 4.69) is 60.9 Å². The Morgan fingerprint density at radius 3 is 2.53 bits per heavy atom. The molecule has 0 spiro atoms. The molecule has 38 heavy (non-hydrogen) atoms. The van der Waals surface area contributed by atoms with Gasteiger partial charge in [-0.1, -0.05) is 24.3 Å². The van der Waals surface area contributed by atoms with Crippen molar-refractivity contribution in [3.63, 3.8) is 0 Å². The molecule has 192 valence electrons. The number of H-pyrrole nitrogens is 2. The molecular weight excluding hydrogens is 483 g/mol. The third-order valence-electron chi connectivity index (χ3n) is 6.73. The summed E-state index contributed by atoms with van der Waals surface area (Å²) in [6.07, 6.45) is 0. The summed E-state index contributed by atoms with van der Waals surface area (Å²) in [4.78, 5) is 25.1. The van der Waals surface area contributed by atoms with Crippen LogP contribution in [0.5, 0.6) is 0 Å². The number of carbonyl (C=O) groups is 1. The van der Waals surface area contributed by atoms with Crippen LogP contribution in [0.3, 0.4) is 0 Å². The number of urea groups is 1. The van der Waals surface area contributed by atoms with Crippen molar-refractivity contribution < 1.29 is 9.18 Å². The highest BCUT2D eigenvalue weighted by molar-refractivity contribution is 6.00.